The van der Waals surface area contributed by atoms with Gasteiger partial charge in [0.15, 0.2) is 0 Å². The zero-order valence-electron chi connectivity index (χ0n) is 23.1. The quantitative estimate of drug-likeness (QED) is 0.384. The van der Waals surface area contributed by atoms with E-state index in [1.165, 1.54) is 6.08 Å². The number of nitrogens with two attached hydrogens (primary N) is 1. The number of nitrogen functional groups attached to an aromatic ring is 1. The zero-order valence-corrected chi connectivity index (χ0v) is 24.7. The molecule has 0 bridgehead atoms. The van der Waals surface area contributed by atoms with Crippen LogP contribution in [0.4, 0.5) is 17.3 Å². The van der Waals surface area contributed by atoms with E-state index in [1.54, 1.807) is 12.4 Å². The van der Waals surface area contributed by atoms with Crippen LogP contribution in [0.5, 0.6) is 0 Å². The second-order valence-corrected chi connectivity index (χ2v) is 10.4. The molecule has 0 atom stereocenters. The predicted molar refractivity (Wildman–Crippen MR) is 159 cm³/mol. The zero-order chi connectivity index (χ0) is 28.1. The number of anilines is 3. The highest BCUT2D eigenvalue weighted by Gasteiger charge is 2.24. The van der Waals surface area contributed by atoms with E-state index in [9.17, 15) is 9.59 Å². The van der Waals surface area contributed by atoms with Crippen LogP contribution in [0.1, 0.15) is 56.3 Å². The Morgan fingerprint density at radius 3 is 2.34 bits per heavy atom. The van der Waals surface area contributed by atoms with Gasteiger partial charge in [0.2, 0.25) is 11.9 Å². The van der Waals surface area contributed by atoms with Crippen LogP contribution in [0.25, 0.3) is 0 Å². The molecule has 9 nitrogen and oxygen atoms in total. The van der Waals surface area contributed by atoms with E-state index in [0.717, 1.165) is 74.1 Å². The molecule has 1 aliphatic rings. The molecule has 2 amide bonds. The lowest BCUT2D eigenvalue weighted by molar-refractivity contribution is -0.111. The third-order valence-electron chi connectivity index (χ3n) is 6.43. The Kier molecular flexibility index (Phi) is 13.2. The number of benzene rings is 1. The standard InChI is InChI=1S/C24H38N4O2.C4H4BrN3/c1-6-9-15-28(14-7-2)24(30)19-10-11-21(25-23(29)8-3)22(18-19)27-16-12-20(13-17-27)26(4)5;5-3-1-7-4(6)8-2-3/h8,10-11,18,20H,3,6-7,9,12-17H2,1-2,4-5H3,(H,25,29);1-2H,(H2,6,7,8). The first-order valence-corrected chi connectivity index (χ1v) is 14.0. The van der Waals surface area contributed by atoms with Crippen molar-refractivity contribution in [3.05, 3.63) is 53.3 Å². The smallest absolute Gasteiger partial charge is 0.253 e. The number of hydrogen-bond acceptors (Lipinski definition) is 7. The average Bonchev–Trinajstić information content (AvgIpc) is 2.92. The van der Waals surface area contributed by atoms with Gasteiger partial charge in [0.1, 0.15) is 0 Å². The Morgan fingerprint density at radius 1 is 1.16 bits per heavy atom. The van der Waals surface area contributed by atoms with Crippen LogP contribution in [0, 0.1) is 0 Å². The normalized spacial score (nSPS) is 13.5. The second kappa shape index (κ2) is 16.1. The van der Waals surface area contributed by atoms with E-state index < -0.39 is 0 Å². The molecule has 2 heterocycles. The van der Waals surface area contributed by atoms with Gasteiger partial charge in [-0.2, -0.15) is 0 Å². The fourth-order valence-electron chi connectivity index (χ4n) is 4.28. The Morgan fingerprint density at radius 2 is 1.82 bits per heavy atom. The molecule has 0 saturated carbocycles. The van der Waals surface area contributed by atoms with Gasteiger partial charge < -0.3 is 25.8 Å². The number of hydrogen-bond donors (Lipinski definition) is 2. The van der Waals surface area contributed by atoms with E-state index in [0.29, 0.717) is 17.6 Å². The summed E-state index contributed by atoms with van der Waals surface area (Å²) in [6.07, 6.45) is 9.58. The van der Waals surface area contributed by atoms with Crippen LogP contribution in [0.3, 0.4) is 0 Å². The molecule has 1 saturated heterocycles. The Labute approximate surface area is 235 Å². The molecule has 3 rings (SSSR count). The van der Waals surface area contributed by atoms with E-state index in [4.69, 9.17) is 5.73 Å². The first kappa shape index (κ1) is 31.2. The number of rotatable bonds is 10. The van der Waals surface area contributed by atoms with Crippen LogP contribution in [-0.4, -0.2) is 77.9 Å². The molecular weight excluding hydrogens is 546 g/mol. The molecule has 2 aromatic rings. The lowest BCUT2D eigenvalue weighted by Crippen LogP contribution is -2.42. The molecule has 38 heavy (non-hydrogen) atoms. The van der Waals surface area contributed by atoms with Crippen molar-refractivity contribution in [3.8, 4) is 0 Å². The average molecular weight is 589 g/mol. The maximum absolute atomic E-state index is 13.2. The van der Waals surface area contributed by atoms with Crippen molar-refractivity contribution in [2.45, 2.75) is 52.0 Å². The Bertz CT molecular complexity index is 1020. The Balaban J connectivity index is 0.000000538. The molecule has 0 radical (unpaired) electrons. The number of halogens is 1. The van der Waals surface area contributed by atoms with Gasteiger partial charge in [-0.25, -0.2) is 9.97 Å². The molecule has 3 N–H and O–H groups in total. The van der Waals surface area contributed by atoms with Crippen molar-refractivity contribution >= 4 is 45.1 Å². The van der Waals surface area contributed by atoms with Gasteiger partial charge in [0, 0.05) is 50.2 Å². The van der Waals surface area contributed by atoms with E-state index in [-0.39, 0.29) is 11.8 Å². The van der Waals surface area contributed by atoms with Gasteiger partial charge in [0.25, 0.3) is 5.91 Å². The van der Waals surface area contributed by atoms with Crippen molar-refractivity contribution in [1.82, 2.24) is 19.8 Å². The first-order chi connectivity index (χ1) is 18.2. The SMILES string of the molecule is C=CC(=O)Nc1ccc(C(=O)N(CCC)CCCC)cc1N1CCC(N(C)C)CC1.Nc1ncc(Br)cn1. The molecule has 10 heteroatoms. The fraction of sp³-hybridized carbons (Fsp3) is 0.500. The minimum absolute atomic E-state index is 0.0660. The maximum Gasteiger partial charge on any atom is 0.253 e. The minimum Gasteiger partial charge on any atom is -0.370 e. The van der Waals surface area contributed by atoms with E-state index in [2.05, 4.69) is 75.5 Å². The van der Waals surface area contributed by atoms with E-state index in [1.807, 2.05) is 23.1 Å². The summed E-state index contributed by atoms with van der Waals surface area (Å²) in [7, 11) is 4.24. The summed E-state index contributed by atoms with van der Waals surface area (Å²) in [5.41, 5.74) is 7.51. The highest BCUT2D eigenvalue weighted by Crippen LogP contribution is 2.31. The number of carbonyl (C=O) groups excluding carboxylic acids is 2. The third kappa shape index (κ3) is 9.72. The summed E-state index contributed by atoms with van der Waals surface area (Å²) in [4.78, 5) is 39.1. The lowest BCUT2D eigenvalue weighted by atomic mass is 10.0. The van der Waals surface area contributed by atoms with Crippen molar-refractivity contribution in [2.24, 2.45) is 0 Å². The molecule has 1 aromatic heterocycles. The molecule has 0 unspecified atom stereocenters. The summed E-state index contributed by atoms with van der Waals surface area (Å²) < 4.78 is 0.840. The topological polar surface area (TPSA) is 108 Å². The molecule has 208 valence electrons. The second-order valence-electron chi connectivity index (χ2n) is 9.51. The first-order valence-electron chi connectivity index (χ1n) is 13.2. The summed E-state index contributed by atoms with van der Waals surface area (Å²) in [5, 5.41) is 2.91. The largest absolute Gasteiger partial charge is 0.370 e. The minimum atomic E-state index is -0.242. The fourth-order valence-corrected chi connectivity index (χ4v) is 4.48. The summed E-state index contributed by atoms with van der Waals surface area (Å²) in [5.74, 6) is 0.124. The number of nitrogens with zero attached hydrogens (tertiary/aromatic N) is 5. The number of piperidine rings is 1. The molecular formula is C28H42BrN7O2. The summed E-state index contributed by atoms with van der Waals surface area (Å²) in [6, 6.07) is 6.19. The molecule has 1 aliphatic heterocycles. The summed E-state index contributed by atoms with van der Waals surface area (Å²) in [6.45, 7) is 11.1. The number of aromatic nitrogens is 2. The Hall–Kier alpha value is -2.98. The van der Waals surface area contributed by atoms with Crippen LogP contribution in [0.15, 0.2) is 47.7 Å². The number of nitrogens with one attached hydrogen (secondary N) is 1. The van der Waals surface area contributed by atoms with Gasteiger partial charge in [-0.3, -0.25) is 9.59 Å². The van der Waals surface area contributed by atoms with Gasteiger partial charge in [-0.15, -0.1) is 0 Å². The third-order valence-corrected chi connectivity index (χ3v) is 6.84. The van der Waals surface area contributed by atoms with Gasteiger partial charge >= 0.3 is 0 Å². The van der Waals surface area contributed by atoms with Crippen LogP contribution >= 0.6 is 15.9 Å². The van der Waals surface area contributed by atoms with Crippen molar-refractivity contribution in [3.63, 3.8) is 0 Å². The molecule has 1 aromatic carbocycles. The highest BCUT2D eigenvalue weighted by atomic mass is 79.9. The molecule has 0 aliphatic carbocycles. The maximum atomic E-state index is 13.2. The molecule has 0 spiro atoms. The van der Waals surface area contributed by atoms with Crippen LogP contribution in [0.2, 0.25) is 0 Å². The number of amides is 2. The summed E-state index contributed by atoms with van der Waals surface area (Å²) >= 11 is 3.16. The van der Waals surface area contributed by atoms with E-state index >= 15 is 0 Å². The van der Waals surface area contributed by atoms with Crippen LogP contribution < -0.4 is 16.0 Å². The van der Waals surface area contributed by atoms with Crippen molar-refractivity contribution in [2.75, 3.05) is 56.2 Å². The van der Waals surface area contributed by atoms with Gasteiger partial charge in [-0.1, -0.05) is 26.8 Å². The lowest BCUT2D eigenvalue weighted by Gasteiger charge is -2.37. The monoisotopic (exact) mass is 587 g/mol. The number of unbranched alkanes of at least 4 members (excludes halogenated alkanes) is 1. The highest BCUT2D eigenvalue weighted by molar-refractivity contribution is 9.10. The molecule has 1 fully saturated rings. The predicted octanol–water partition coefficient (Wildman–Crippen LogP) is 4.82. The van der Waals surface area contributed by atoms with Gasteiger partial charge in [-0.05, 0) is 80.0 Å². The van der Waals surface area contributed by atoms with Crippen LogP contribution in [-0.2, 0) is 4.79 Å². The van der Waals surface area contributed by atoms with Crippen molar-refractivity contribution < 1.29 is 9.59 Å². The van der Waals surface area contributed by atoms with Gasteiger partial charge in [0.05, 0.1) is 15.8 Å². The van der Waals surface area contributed by atoms with Crippen molar-refractivity contribution in [1.29, 1.82) is 0 Å². The number of carbonyl (C=O) groups is 2.